The van der Waals surface area contributed by atoms with E-state index in [-0.39, 0.29) is 29.4 Å². The average Bonchev–Trinajstić information content (AvgIpc) is 2.60. The Bertz CT molecular complexity index is 474. The maximum absolute atomic E-state index is 2.54. The van der Waals surface area contributed by atoms with Crippen molar-refractivity contribution in [2.45, 2.75) is 65.2 Å². The first-order chi connectivity index (χ1) is 9.09. The fourth-order valence-electron chi connectivity index (χ4n) is 3.11. The zero-order chi connectivity index (χ0) is 13.9. The molecule has 0 bridgehead atoms. The number of para-hydroxylation sites is 1. The zero-order valence-corrected chi connectivity index (χ0v) is 15.5. The predicted octanol–water partition coefficient (Wildman–Crippen LogP) is 2.06. The zero-order valence-electron chi connectivity index (χ0n) is 13.4. The maximum Gasteiger partial charge on any atom is 0.209 e. The van der Waals surface area contributed by atoms with Gasteiger partial charge in [0.1, 0.15) is 6.54 Å². The van der Waals surface area contributed by atoms with E-state index in [1.807, 2.05) is 0 Å². The van der Waals surface area contributed by atoms with Gasteiger partial charge in [-0.05, 0) is 20.3 Å². The van der Waals surface area contributed by atoms with E-state index in [9.17, 15) is 0 Å². The molecule has 0 aliphatic carbocycles. The van der Waals surface area contributed by atoms with Crippen molar-refractivity contribution in [3.05, 3.63) is 29.8 Å². The molecule has 0 aromatic heterocycles. The van der Waals surface area contributed by atoms with Crippen molar-refractivity contribution in [3.8, 4) is 0 Å². The number of rotatable bonds is 6. The summed E-state index contributed by atoms with van der Waals surface area (Å²) in [6, 6.07) is 8.89. The van der Waals surface area contributed by atoms with Crippen LogP contribution in [0.5, 0.6) is 0 Å². The van der Waals surface area contributed by atoms with Crippen LogP contribution in [-0.2, 0) is 5.41 Å². The highest BCUT2D eigenvalue weighted by atomic mass is 127. The molecule has 1 heterocycles. The molecular weight excluding hydrogens is 357 g/mol. The van der Waals surface area contributed by atoms with Gasteiger partial charge in [0.05, 0.1) is 5.41 Å². The first-order valence-electron chi connectivity index (χ1n) is 7.80. The number of halogens is 1. The maximum atomic E-state index is 2.54. The Morgan fingerprint density at radius 2 is 1.65 bits per heavy atom. The third kappa shape index (κ3) is 3.44. The Morgan fingerprint density at radius 1 is 1.00 bits per heavy atom. The second kappa shape index (κ2) is 7.58. The van der Waals surface area contributed by atoms with E-state index in [1.165, 1.54) is 55.6 Å². The Kier molecular flexibility index (Phi) is 6.70. The van der Waals surface area contributed by atoms with Crippen LogP contribution < -0.4 is 24.0 Å². The van der Waals surface area contributed by atoms with Crippen molar-refractivity contribution in [3.63, 3.8) is 0 Å². The van der Waals surface area contributed by atoms with Gasteiger partial charge in [-0.25, -0.2) is 0 Å². The SMILES string of the molecule is CCCCCCC[N+]1=C(C)C(C)(C)c2ccccc21.[I-]. The second-order valence-electron chi connectivity index (χ2n) is 6.29. The highest BCUT2D eigenvalue weighted by Gasteiger charge is 2.42. The van der Waals surface area contributed by atoms with Gasteiger partial charge in [0, 0.05) is 25.0 Å². The van der Waals surface area contributed by atoms with Crippen molar-refractivity contribution in [1.82, 2.24) is 0 Å². The minimum absolute atomic E-state index is 0. The lowest BCUT2D eigenvalue weighted by atomic mass is 9.82. The first kappa shape index (κ1) is 17.7. The van der Waals surface area contributed by atoms with Crippen molar-refractivity contribution in [2.24, 2.45) is 0 Å². The van der Waals surface area contributed by atoms with E-state index in [2.05, 4.69) is 56.5 Å². The van der Waals surface area contributed by atoms with E-state index >= 15 is 0 Å². The van der Waals surface area contributed by atoms with E-state index in [0.29, 0.717) is 0 Å². The summed E-state index contributed by atoms with van der Waals surface area (Å²) in [4.78, 5) is 0. The third-order valence-electron chi connectivity index (χ3n) is 4.66. The topological polar surface area (TPSA) is 3.01 Å². The fraction of sp³-hybridized carbons (Fsp3) is 0.611. The summed E-state index contributed by atoms with van der Waals surface area (Å²) < 4.78 is 2.54. The minimum Gasteiger partial charge on any atom is -1.00 e. The van der Waals surface area contributed by atoms with Crippen LogP contribution in [0.25, 0.3) is 0 Å². The van der Waals surface area contributed by atoms with Crippen molar-refractivity contribution in [1.29, 1.82) is 0 Å². The average molecular weight is 385 g/mol. The molecule has 0 atom stereocenters. The summed E-state index contributed by atoms with van der Waals surface area (Å²) in [5.74, 6) is 0. The van der Waals surface area contributed by atoms with Crippen LogP contribution in [-0.4, -0.2) is 16.8 Å². The van der Waals surface area contributed by atoms with Gasteiger partial charge >= 0.3 is 0 Å². The molecule has 112 valence electrons. The second-order valence-corrected chi connectivity index (χ2v) is 6.29. The van der Waals surface area contributed by atoms with E-state index in [1.54, 1.807) is 0 Å². The van der Waals surface area contributed by atoms with Gasteiger partial charge in [0.15, 0.2) is 5.71 Å². The Labute approximate surface area is 141 Å². The van der Waals surface area contributed by atoms with Crippen LogP contribution in [0.2, 0.25) is 0 Å². The molecule has 0 saturated carbocycles. The number of benzene rings is 1. The molecule has 0 unspecified atom stereocenters. The molecule has 0 fully saturated rings. The summed E-state index contributed by atoms with van der Waals surface area (Å²) >= 11 is 0. The van der Waals surface area contributed by atoms with Crippen LogP contribution in [0.1, 0.15) is 65.4 Å². The first-order valence-corrected chi connectivity index (χ1v) is 7.80. The highest BCUT2D eigenvalue weighted by molar-refractivity contribution is 5.93. The molecule has 20 heavy (non-hydrogen) atoms. The number of hydrogen-bond donors (Lipinski definition) is 0. The van der Waals surface area contributed by atoms with Gasteiger partial charge in [0.2, 0.25) is 5.69 Å². The highest BCUT2D eigenvalue weighted by Crippen LogP contribution is 2.39. The third-order valence-corrected chi connectivity index (χ3v) is 4.66. The quantitative estimate of drug-likeness (QED) is 0.401. The van der Waals surface area contributed by atoms with Crippen LogP contribution in [0, 0.1) is 0 Å². The van der Waals surface area contributed by atoms with E-state index in [0.717, 1.165) is 0 Å². The van der Waals surface area contributed by atoms with Crippen molar-refractivity contribution >= 4 is 11.4 Å². The molecule has 1 aromatic carbocycles. The molecule has 1 aliphatic heterocycles. The predicted molar refractivity (Wildman–Crippen MR) is 83.7 cm³/mol. The van der Waals surface area contributed by atoms with Crippen LogP contribution in [0.4, 0.5) is 5.69 Å². The molecule has 1 aromatic rings. The summed E-state index contributed by atoms with van der Waals surface area (Å²) in [7, 11) is 0. The number of fused-ring (bicyclic) bond motifs is 1. The number of unbranched alkanes of at least 4 members (excludes halogenated alkanes) is 4. The molecule has 0 N–H and O–H groups in total. The van der Waals surface area contributed by atoms with Crippen LogP contribution >= 0.6 is 0 Å². The Morgan fingerprint density at radius 3 is 2.35 bits per heavy atom. The molecule has 1 aliphatic rings. The summed E-state index contributed by atoms with van der Waals surface area (Å²) in [5, 5.41) is 0. The van der Waals surface area contributed by atoms with E-state index in [4.69, 9.17) is 0 Å². The fourth-order valence-corrected chi connectivity index (χ4v) is 3.11. The summed E-state index contributed by atoms with van der Waals surface area (Å²) in [6.07, 6.45) is 6.76. The normalized spacial score (nSPS) is 16.0. The van der Waals surface area contributed by atoms with Crippen molar-refractivity contribution in [2.75, 3.05) is 6.54 Å². The molecule has 0 amide bonds. The molecule has 0 spiro atoms. The smallest absolute Gasteiger partial charge is 0.209 e. The minimum atomic E-state index is 0. The van der Waals surface area contributed by atoms with E-state index < -0.39 is 0 Å². The van der Waals surface area contributed by atoms with Gasteiger partial charge < -0.3 is 24.0 Å². The van der Waals surface area contributed by atoms with Crippen molar-refractivity contribution < 1.29 is 28.6 Å². The van der Waals surface area contributed by atoms with Gasteiger partial charge in [-0.2, -0.15) is 4.58 Å². The standard InChI is InChI=1S/C18H28N.HI/c1-5-6-7-8-11-14-19-15(2)18(3,4)16-12-9-10-13-17(16)19;/h9-10,12-13H,5-8,11,14H2,1-4H3;1H/q+1;/p-1. The van der Waals surface area contributed by atoms with Crippen LogP contribution in [0.3, 0.4) is 0 Å². The molecule has 0 radical (unpaired) electrons. The molecule has 2 rings (SSSR count). The molecule has 0 saturated heterocycles. The number of nitrogens with zero attached hydrogens (tertiary/aromatic N) is 1. The monoisotopic (exact) mass is 385 g/mol. The largest absolute Gasteiger partial charge is 1.00 e. The van der Waals surface area contributed by atoms with Gasteiger partial charge in [0.25, 0.3) is 0 Å². The molecular formula is C18H28IN. The molecule has 2 heteroatoms. The summed E-state index contributed by atoms with van der Waals surface area (Å²) in [5.41, 5.74) is 4.62. The molecule has 1 nitrogen and oxygen atoms in total. The van der Waals surface area contributed by atoms with Crippen LogP contribution in [0.15, 0.2) is 24.3 Å². The lowest BCUT2D eigenvalue weighted by Crippen LogP contribution is -3.00. The Hall–Kier alpha value is -0.380. The number of hydrogen-bond acceptors (Lipinski definition) is 0. The lowest BCUT2D eigenvalue weighted by Gasteiger charge is -2.14. The van der Waals surface area contributed by atoms with Gasteiger partial charge in [-0.1, -0.05) is 44.4 Å². The lowest BCUT2D eigenvalue weighted by molar-refractivity contribution is -0.439. The Balaban J connectivity index is 0.00000200. The summed E-state index contributed by atoms with van der Waals surface area (Å²) in [6.45, 7) is 10.4. The van der Waals surface area contributed by atoms with Gasteiger partial charge in [-0.3, -0.25) is 0 Å². The van der Waals surface area contributed by atoms with Gasteiger partial charge in [-0.15, -0.1) is 0 Å².